The summed E-state index contributed by atoms with van der Waals surface area (Å²) in [5.74, 6) is 0. The average Bonchev–Trinajstić information content (AvgIpc) is 1.98. The average molecular weight is 160 g/mol. The number of hydrogen-bond donors (Lipinski definition) is 1. The van der Waals surface area contributed by atoms with Crippen molar-refractivity contribution in [2.24, 2.45) is 5.73 Å². The SMILES string of the molecule is CCCN1CCC(N)C(F)C1. The van der Waals surface area contributed by atoms with E-state index in [1.165, 1.54) is 0 Å². The fourth-order valence-corrected chi connectivity index (χ4v) is 1.51. The van der Waals surface area contributed by atoms with Crippen LogP contribution in [0, 0.1) is 0 Å². The van der Waals surface area contributed by atoms with Gasteiger partial charge in [0.15, 0.2) is 0 Å². The maximum Gasteiger partial charge on any atom is 0.128 e. The summed E-state index contributed by atoms with van der Waals surface area (Å²) in [6.45, 7) is 4.62. The lowest BCUT2D eigenvalue weighted by Gasteiger charge is -2.32. The summed E-state index contributed by atoms with van der Waals surface area (Å²) in [6, 6.07) is -0.219. The van der Waals surface area contributed by atoms with E-state index < -0.39 is 6.17 Å². The molecule has 1 saturated heterocycles. The Kier molecular flexibility index (Phi) is 3.27. The Balaban J connectivity index is 2.28. The second kappa shape index (κ2) is 4.02. The molecule has 66 valence electrons. The molecule has 0 radical (unpaired) electrons. The summed E-state index contributed by atoms with van der Waals surface area (Å²) in [4.78, 5) is 2.15. The van der Waals surface area contributed by atoms with E-state index in [4.69, 9.17) is 5.73 Å². The summed E-state index contributed by atoms with van der Waals surface area (Å²) < 4.78 is 13.0. The number of hydrogen-bond acceptors (Lipinski definition) is 2. The molecule has 2 nitrogen and oxygen atoms in total. The number of rotatable bonds is 2. The Labute approximate surface area is 67.6 Å². The summed E-state index contributed by atoms with van der Waals surface area (Å²) >= 11 is 0. The van der Waals surface area contributed by atoms with Crippen LogP contribution in [0.3, 0.4) is 0 Å². The first-order valence-corrected chi connectivity index (χ1v) is 4.36. The Morgan fingerprint density at radius 2 is 2.36 bits per heavy atom. The zero-order valence-electron chi connectivity index (χ0n) is 7.09. The minimum atomic E-state index is -0.810. The van der Waals surface area contributed by atoms with E-state index in [1.54, 1.807) is 0 Å². The molecule has 1 aliphatic rings. The second-order valence-corrected chi connectivity index (χ2v) is 3.27. The molecule has 2 unspecified atom stereocenters. The monoisotopic (exact) mass is 160 g/mol. The highest BCUT2D eigenvalue weighted by molar-refractivity contribution is 4.82. The molecule has 0 aromatic heterocycles. The van der Waals surface area contributed by atoms with Gasteiger partial charge in [0.2, 0.25) is 0 Å². The van der Waals surface area contributed by atoms with Crippen LogP contribution in [0.2, 0.25) is 0 Å². The third-order valence-corrected chi connectivity index (χ3v) is 2.22. The van der Waals surface area contributed by atoms with Gasteiger partial charge in [0.25, 0.3) is 0 Å². The van der Waals surface area contributed by atoms with Crippen molar-refractivity contribution < 1.29 is 4.39 Å². The predicted octanol–water partition coefficient (Wildman–Crippen LogP) is 0.767. The maximum atomic E-state index is 13.0. The molecule has 1 rings (SSSR count). The molecule has 2 N–H and O–H groups in total. The van der Waals surface area contributed by atoms with Crippen molar-refractivity contribution in [3.8, 4) is 0 Å². The molecule has 0 spiro atoms. The zero-order valence-corrected chi connectivity index (χ0v) is 7.09. The number of nitrogens with zero attached hydrogens (tertiary/aromatic N) is 1. The molecular weight excluding hydrogens is 143 g/mol. The molecule has 2 atom stereocenters. The molecule has 1 aliphatic heterocycles. The van der Waals surface area contributed by atoms with Crippen LogP contribution in [0.5, 0.6) is 0 Å². The van der Waals surface area contributed by atoms with Crippen molar-refractivity contribution in [3.05, 3.63) is 0 Å². The number of likely N-dealkylation sites (tertiary alicyclic amines) is 1. The van der Waals surface area contributed by atoms with Crippen LogP contribution in [0.15, 0.2) is 0 Å². The van der Waals surface area contributed by atoms with Crippen molar-refractivity contribution in [1.29, 1.82) is 0 Å². The lowest BCUT2D eigenvalue weighted by molar-refractivity contribution is 0.120. The highest BCUT2D eigenvalue weighted by atomic mass is 19.1. The molecule has 11 heavy (non-hydrogen) atoms. The Hall–Kier alpha value is -0.150. The first-order valence-electron chi connectivity index (χ1n) is 4.36. The third kappa shape index (κ3) is 2.42. The van der Waals surface area contributed by atoms with Gasteiger partial charge in [0, 0.05) is 12.6 Å². The molecule has 0 aromatic carbocycles. The molecule has 0 bridgehead atoms. The summed E-state index contributed by atoms with van der Waals surface area (Å²) in [5.41, 5.74) is 5.53. The van der Waals surface area contributed by atoms with Gasteiger partial charge in [-0.1, -0.05) is 6.92 Å². The van der Waals surface area contributed by atoms with Crippen LogP contribution in [-0.4, -0.2) is 36.7 Å². The van der Waals surface area contributed by atoms with Crippen molar-refractivity contribution in [2.45, 2.75) is 32.0 Å². The van der Waals surface area contributed by atoms with Crippen molar-refractivity contribution >= 4 is 0 Å². The van der Waals surface area contributed by atoms with E-state index in [0.717, 1.165) is 25.9 Å². The largest absolute Gasteiger partial charge is 0.325 e. The summed E-state index contributed by atoms with van der Waals surface area (Å²) in [7, 11) is 0. The highest BCUT2D eigenvalue weighted by Gasteiger charge is 2.25. The summed E-state index contributed by atoms with van der Waals surface area (Å²) in [6.07, 6.45) is 1.10. The second-order valence-electron chi connectivity index (χ2n) is 3.27. The quantitative estimate of drug-likeness (QED) is 0.646. The molecule has 3 heteroatoms. The molecule has 0 saturated carbocycles. The topological polar surface area (TPSA) is 29.3 Å². The van der Waals surface area contributed by atoms with Gasteiger partial charge in [0.1, 0.15) is 6.17 Å². The van der Waals surface area contributed by atoms with Crippen LogP contribution < -0.4 is 5.73 Å². The Morgan fingerprint density at radius 3 is 2.91 bits per heavy atom. The van der Waals surface area contributed by atoms with E-state index in [2.05, 4.69) is 11.8 Å². The molecule has 0 aliphatic carbocycles. The van der Waals surface area contributed by atoms with Gasteiger partial charge in [-0.05, 0) is 25.9 Å². The van der Waals surface area contributed by atoms with E-state index >= 15 is 0 Å². The van der Waals surface area contributed by atoms with E-state index in [1.807, 2.05) is 0 Å². The number of piperidine rings is 1. The van der Waals surface area contributed by atoms with Crippen LogP contribution >= 0.6 is 0 Å². The van der Waals surface area contributed by atoms with Gasteiger partial charge in [-0.2, -0.15) is 0 Å². The molecule has 1 heterocycles. The third-order valence-electron chi connectivity index (χ3n) is 2.22. The maximum absolute atomic E-state index is 13.0. The van der Waals surface area contributed by atoms with Gasteiger partial charge in [-0.25, -0.2) is 4.39 Å². The standard InChI is InChI=1S/C8H17FN2/c1-2-4-11-5-3-8(10)7(9)6-11/h7-8H,2-6,10H2,1H3. The fraction of sp³-hybridized carbons (Fsp3) is 1.00. The Bertz CT molecular complexity index is 119. The lowest BCUT2D eigenvalue weighted by atomic mass is 10.0. The predicted molar refractivity (Wildman–Crippen MR) is 44.2 cm³/mol. The molecule has 0 aromatic rings. The number of halogens is 1. The van der Waals surface area contributed by atoms with Gasteiger partial charge in [-0.3, -0.25) is 0 Å². The van der Waals surface area contributed by atoms with Crippen LogP contribution in [0.1, 0.15) is 19.8 Å². The van der Waals surface area contributed by atoms with E-state index in [-0.39, 0.29) is 6.04 Å². The normalized spacial score (nSPS) is 34.1. The summed E-state index contributed by atoms with van der Waals surface area (Å²) in [5, 5.41) is 0. The Morgan fingerprint density at radius 1 is 1.64 bits per heavy atom. The van der Waals surface area contributed by atoms with Gasteiger partial charge >= 0.3 is 0 Å². The fourth-order valence-electron chi connectivity index (χ4n) is 1.51. The number of alkyl halides is 1. The van der Waals surface area contributed by atoms with Crippen LogP contribution in [0.4, 0.5) is 4.39 Å². The molecule has 1 fully saturated rings. The minimum absolute atomic E-state index is 0.219. The van der Waals surface area contributed by atoms with Gasteiger partial charge in [-0.15, -0.1) is 0 Å². The van der Waals surface area contributed by atoms with Crippen molar-refractivity contribution in [2.75, 3.05) is 19.6 Å². The zero-order chi connectivity index (χ0) is 8.27. The lowest BCUT2D eigenvalue weighted by Crippen LogP contribution is -2.48. The van der Waals surface area contributed by atoms with Crippen molar-refractivity contribution in [1.82, 2.24) is 4.90 Å². The molecular formula is C8H17FN2. The first kappa shape index (κ1) is 8.94. The van der Waals surface area contributed by atoms with E-state index in [0.29, 0.717) is 6.54 Å². The van der Waals surface area contributed by atoms with E-state index in [9.17, 15) is 4.39 Å². The highest BCUT2D eigenvalue weighted by Crippen LogP contribution is 2.11. The smallest absolute Gasteiger partial charge is 0.128 e. The number of nitrogens with two attached hydrogens (primary N) is 1. The van der Waals surface area contributed by atoms with Crippen LogP contribution in [0.25, 0.3) is 0 Å². The molecule has 0 amide bonds. The van der Waals surface area contributed by atoms with Gasteiger partial charge in [0.05, 0.1) is 0 Å². The first-order chi connectivity index (χ1) is 5.24. The minimum Gasteiger partial charge on any atom is -0.325 e. The van der Waals surface area contributed by atoms with Crippen molar-refractivity contribution in [3.63, 3.8) is 0 Å². The van der Waals surface area contributed by atoms with Crippen LogP contribution in [-0.2, 0) is 0 Å². The van der Waals surface area contributed by atoms with Gasteiger partial charge < -0.3 is 10.6 Å².